The van der Waals surface area contributed by atoms with E-state index < -0.39 is 0 Å². The zero-order chi connectivity index (χ0) is 11.0. The first-order chi connectivity index (χ1) is 7.06. The van der Waals surface area contributed by atoms with Gasteiger partial charge >= 0.3 is 0 Å². The Morgan fingerprint density at radius 1 is 1.67 bits per heavy atom. The van der Waals surface area contributed by atoms with E-state index in [1.165, 1.54) is 0 Å². The van der Waals surface area contributed by atoms with Gasteiger partial charge in [0.05, 0.1) is 11.4 Å². The van der Waals surface area contributed by atoms with Gasteiger partial charge in [-0.25, -0.2) is 0 Å². The Hall–Kier alpha value is -1.52. The molecule has 15 heavy (non-hydrogen) atoms. The Bertz CT molecular complexity index is 365. The van der Waals surface area contributed by atoms with Crippen molar-refractivity contribution in [1.29, 1.82) is 0 Å². The third-order valence-electron chi connectivity index (χ3n) is 2.85. The fourth-order valence-electron chi connectivity index (χ4n) is 1.97. The van der Waals surface area contributed by atoms with Crippen molar-refractivity contribution in [2.24, 2.45) is 5.92 Å². The van der Waals surface area contributed by atoms with Gasteiger partial charge in [-0.15, -0.1) is 0 Å². The van der Waals surface area contributed by atoms with Crippen molar-refractivity contribution in [2.45, 2.75) is 19.9 Å². The first kappa shape index (κ1) is 10.0. The largest absolute Gasteiger partial charge is 0.396 e. The second-order valence-electron chi connectivity index (χ2n) is 4.24. The van der Waals surface area contributed by atoms with Gasteiger partial charge in [0.15, 0.2) is 0 Å². The highest BCUT2D eigenvalue weighted by molar-refractivity contribution is 5.78. The predicted molar refractivity (Wildman–Crippen MR) is 57.1 cm³/mol. The molecule has 0 saturated carbocycles. The van der Waals surface area contributed by atoms with Crippen molar-refractivity contribution in [1.82, 2.24) is 14.7 Å². The summed E-state index contributed by atoms with van der Waals surface area (Å²) in [6.07, 6.45) is 2.45. The van der Waals surface area contributed by atoms with E-state index in [4.69, 9.17) is 5.73 Å². The zero-order valence-electron chi connectivity index (χ0n) is 9.10. The van der Waals surface area contributed by atoms with E-state index in [0.717, 1.165) is 18.8 Å². The number of aryl methyl sites for hydroxylation is 1. The minimum absolute atomic E-state index is 0.219. The number of nitrogens with zero attached hydrogens (tertiary/aromatic N) is 3. The molecule has 0 spiro atoms. The highest BCUT2D eigenvalue weighted by atomic mass is 16.2. The number of nitrogens with two attached hydrogens (primary N) is 1. The van der Waals surface area contributed by atoms with Gasteiger partial charge in [0.25, 0.3) is 0 Å². The van der Waals surface area contributed by atoms with Crippen LogP contribution in [-0.4, -0.2) is 34.2 Å². The summed E-state index contributed by atoms with van der Waals surface area (Å²) in [6, 6.07) is 0. The maximum Gasteiger partial charge on any atom is 0.222 e. The first-order valence-electron chi connectivity index (χ1n) is 5.09. The molecule has 1 aromatic heterocycles. The maximum atomic E-state index is 11.3. The third kappa shape index (κ3) is 1.95. The molecule has 0 bridgehead atoms. The summed E-state index contributed by atoms with van der Waals surface area (Å²) in [7, 11) is 1.84. The highest BCUT2D eigenvalue weighted by Gasteiger charge is 2.27. The lowest BCUT2D eigenvalue weighted by Gasteiger charge is -2.09. The van der Waals surface area contributed by atoms with Gasteiger partial charge in [0.1, 0.15) is 0 Å². The Balaban J connectivity index is 2.01. The zero-order valence-corrected chi connectivity index (χ0v) is 9.10. The molecule has 82 valence electrons. The number of rotatable bonds is 2. The van der Waals surface area contributed by atoms with Crippen LogP contribution in [0.5, 0.6) is 0 Å². The number of nitrogen functional groups attached to an aromatic ring is 1. The number of amides is 1. The van der Waals surface area contributed by atoms with Gasteiger partial charge < -0.3 is 10.6 Å². The molecule has 1 fully saturated rings. The smallest absolute Gasteiger partial charge is 0.222 e. The lowest BCUT2D eigenvalue weighted by molar-refractivity contribution is -0.126. The summed E-state index contributed by atoms with van der Waals surface area (Å²) in [4.78, 5) is 13.1. The van der Waals surface area contributed by atoms with Crippen LogP contribution in [-0.2, 0) is 11.3 Å². The number of hydrogen-bond acceptors (Lipinski definition) is 3. The van der Waals surface area contributed by atoms with Crippen LogP contribution in [0.4, 0.5) is 5.69 Å². The van der Waals surface area contributed by atoms with Crippen molar-refractivity contribution < 1.29 is 4.79 Å². The van der Waals surface area contributed by atoms with Gasteiger partial charge in [-0.1, -0.05) is 0 Å². The summed E-state index contributed by atoms with van der Waals surface area (Å²) in [5.74, 6) is 0.582. The van der Waals surface area contributed by atoms with Crippen molar-refractivity contribution in [3.05, 3.63) is 11.9 Å². The molecule has 0 aliphatic carbocycles. The normalized spacial score (nSPS) is 21.3. The molecular formula is C10H16N4O. The molecular weight excluding hydrogens is 192 g/mol. The van der Waals surface area contributed by atoms with Crippen molar-refractivity contribution >= 4 is 11.6 Å². The standard InChI is InChI=1S/C10H16N4O/c1-7-9(11)6-14(12-7)5-8-3-10(15)13(2)4-8/h6,8H,3-5,11H2,1-2H3. The average molecular weight is 208 g/mol. The van der Waals surface area contributed by atoms with Crippen molar-refractivity contribution in [2.75, 3.05) is 19.3 Å². The Morgan fingerprint density at radius 2 is 2.40 bits per heavy atom. The number of aromatic nitrogens is 2. The monoisotopic (exact) mass is 208 g/mol. The molecule has 2 heterocycles. The fraction of sp³-hybridized carbons (Fsp3) is 0.600. The summed E-state index contributed by atoms with van der Waals surface area (Å²) in [5, 5.41) is 4.29. The minimum atomic E-state index is 0.219. The van der Waals surface area contributed by atoms with Crippen LogP contribution in [0.25, 0.3) is 0 Å². The highest BCUT2D eigenvalue weighted by Crippen LogP contribution is 2.18. The van der Waals surface area contributed by atoms with Crippen LogP contribution in [0.1, 0.15) is 12.1 Å². The van der Waals surface area contributed by atoms with Crippen molar-refractivity contribution in [3.8, 4) is 0 Å². The average Bonchev–Trinajstić information content (AvgIpc) is 2.59. The van der Waals surface area contributed by atoms with Crippen molar-refractivity contribution in [3.63, 3.8) is 0 Å². The lowest BCUT2D eigenvalue weighted by Crippen LogP contribution is -2.20. The van der Waals surface area contributed by atoms with E-state index in [0.29, 0.717) is 18.0 Å². The maximum absolute atomic E-state index is 11.3. The Morgan fingerprint density at radius 3 is 2.87 bits per heavy atom. The quantitative estimate of drug-likeness (QED) is 0.757. The van der Waals surface area contributed by atoms with Gasteiger partial charge in [0.2, 0.25) is 5.91 Å². The minimum Gasteiger partial charge on any atom is -0.396 e. The van der Waals surface area contributed by atoms with Crippen LogP contribution in [0.15, 0.2) is 6.20 Å². The molecule has 5 heteroatoms. The van der Waals surface area contributed by atoms with Crippen LogP contribution in [0, 0.1) is 12.8 Å². The van der Waals surface area contributed by atoms with Gasteiger partial charge in [0, 0.05) is 38.7 Å². The van der Waals surface area contributed by atoms with E-state index in [2.05, 4.69) is 5.10 Å². The number of carbonyl (C=O) groups is 1. The molecule has 1 aliphatic rings. The molecule has 1 aliphatic heterocycles. The molecule has 1 unspecified atom stereocenters. The van der Waals surface area contributed by atoms with Crippen LogP contribution >= 0.6 is 0 Å². The summed E-state index contributed by atoms with van der Waals surface area (Å²) in [6.45, 7) is 3.48. The fourth-order valence-corrected chi connectivity index (χ4v) is 1.97. The second kappa shape index (κ2) is 3.56. The van der Waals surface area contributed by atoms with E-state index in [9.17, 15) is 4.79 Å². The summed E-state index contributed by atoms with van der Waals surface area (Å²) >= 11 is 0. The van der Waals surface area contributed by atoms with E-state index in [1.54, 1.807) is 4.90 Å². The Labute approximate surface area is 88.8 Å². The first-order valence-corrected chi connectivity index (χ1v) is 5.09. The Kier molecular flexibility index (Phi) is 2.38. The van der Waals surface area contributed by atoms with E-state index in [-0.39, 0.29) is 5.91 Å². The number of hydrogen-bond donors (Lipinski definition) is 1. The van der Waals surface area contributed by atoms with Crippen LogP contribution in [0.3, 0.4) is 0 Å². The molecule has 0 aromatic carbocycles. The molecule has 1 aromatic rings. The summed E-state index contributed by atoms with van der Waals surface area (Å²) in [5.41, 5.74) is 7.28. The molecule has 1 saturated heterocycles. The molecule has 2 rings (SSSR count). The molecule has 5 nitrogen and oxygen atoms in total. The number of carbonyl (C=O) groups excluding carboxylic acids is 1. The van der Waals surface area contributed by atoms with Crippen LogP contribution in [0.2, 0.25) is 0 Å². The van der Waals surface area contributed by atoms with Crippen LogP contribution < -0.4 is 5.73 Å². The number of anilines is 1. The van der Waals surface area contributed by atoms with E-state index >= 15 is 0 Å². The summed E-state index contributed by atoms with van der Waals surface area (Å²) < 4.78 is 1.84. The molecule has 1 amide bonds. The second-order valence-corrected chi connectivity index (χ2v) is 4.24. The molecule has 1 atom stereocenters. The molecule has 0 radical (unpaired) electrons. The van der Waals surface area contributed by atoms with Gasteiger partial charge in [-0.2, -0.15) is 5.10 Å². The SMILES string of the molecule is Cc1nn(CC2CC(=O)N(C)C2)cc1N. The lowest BCUT2D eigenvalue weighted by atomic mass is 10.1. The van der Waals surface area contributed by atoms with Gasteiger partial charge in [-0.05, 0) is 6.92 Å². The number of likely N-dealkylation sites (tertiary alicyclic amines) is 1. The topological polar surface area (TPSA) is 64.2 Å². The predicted octanol–water partition coefficient (Wildman–Crippen LogP) is 0.252. The van der Waals surface area contributed by atoms with Gasteiger partial charge in [-0.3, -0.25) is 9.48 Å². The van der Waals surface area contributed by atoms with E-state index in [1.807, 2.05) is 24.9 Å². The molecule has 2 N–H and O–H groups in total. The third-order valence-corrected chi connectivity index (χ3v) is 2.85.